The molecule has 0 bridgehead atoms. The third-order valence-corrected chi connectivity index (χ3v) is 7.60. The number of nitrogens with one attached hydrogen (secondary N) is 1. The van der Waals surface area contributed by atoms with Crippen molar-refractivity contribution in [3.05, 3.63) is 77.9 Å². The number of nitrogens with zero attached hydrogens (tertiary/aromatic N) is 3. The minimum absolute atomic E-state index is 0.0917. The normalized spacial score (nSPS) is 14.1. The van der Waals surface area contributed by atoms with Gasteiger partial charge in [0, 0.05) is 44.8 Å². The fourth-order valence-electron chi connectivity index (χ4n) is 4.32. The zero-order chi connectivity index (χ0) is 24.9. The zero-order valence-corrected chi connectivity index (χ0v) is 21.4. The Morgan fingerprint density at radius 3 is 2.56 bits per heavy atom. The number of amides is 1. The number of fused-ring (bicyclic) bond motifs is 1. The van der Waals surface area contributed by atoms with Crippen molar-refractivity contribution in [3.8, 4) is 17.2 Å². The van der Waals surface area contributed by atoms with Crippen molar-refractivity contribution in [2.24, 2.45) is 0 Å². The topological polar surface area (TPSA) is 66.9 Å². The van der Waals surface area contributed by atoms with Crippen LogP contribution in [0.15, 0.2) is 66.7 Å². The summed E-state index contributed by atoms with van der Waals surface area (Å²) < 4.78 is 12.5. The third-order valence-electron chi connectivity index (χ3n) is 6.34. The molecule has 1 saturated heterocycles. The van der Waals surface area contributed by atoms with Gasteiger partial charge in [-0.05, 0) is 48.9 Å². The van der Waals surface area contributed by atoms with Crippen LogP contribution >= 0.6 is 11.3 Å². The van der Waals surface area contributed by atoms with Gasteiger partial charge in [0.1, 0.15) is 22.8 Å². The van der Waals surface area contributed by atoms with Gasteiger partial charge in [0.15, 0.2) is 5.13 Å². The monoisotopic (exact) mass is 502 g/mol. The van der Waals surface area contributed by atoms with Crippen molar-refractivity contribution in [2.75, 3.05) is 51.3 Å². The van der Waals surface area contributed by atoms with E-state index in [9.17, 15) is 4.79 Å². The molecule has 1 N–H and O–H groups in total. The van der Waals surface area contributed by atoms with Crippen LogP contribution in [0.3, 0.4) is 0 Å². The van der Waals surface area contributed by atoms with E-state index in [1.165, 1.54) is 10.3 Å². The number of ether oxygens (including phenoxy) is 2. The lowest BCUT2D eigenvalue weighted by Gasteiger charge is -2.34. The van der Waals surface area contributed by atoms with Crippen LogP contribution in [0, 0.1) is 6.92 Å². The van der Waals surface area contributed by atoms with Crippen LogP contribution in [0.4, 0.5) is 5.13 Å². The molecule has 0 saturated carbocycles. The molecule has 0 unspecified atom stereocenters. The van der Waals surface area contributed by atoms with E-state index in [0.29, 0.717) is 17.9 Å². The number of aromatic nitrogens is 1. The van der Waals surface area contributed by atoms with E-state index in [1.807, 2.05) is 48.5 Å². The average molecular weight is 503 g/mol. The molecule has 0 radical (unpaired) electrons. The quantitative estimate of drug-likeness (QED) is 0.368. The fourth-order valence-corrected chi connectivity index (χ4v) is 5.42. The first-order valence-corrected chi connectivity index (χ1v) is 12.9. The first kappa shape index (κ1) is 24.1. The number of carbonyl (C=O) groups is 1. The number of piperazine rings is 1. The summed E-state index contributed by atoms with van der Waals surface area (Å²) in [6.07, 6.45) is 0. The van der Waals surface area contributed by atoms with E-state index in [4.69, 9.17) is 14.5 Å². The van der Waals surface area contributed by atoms with Gasteiger partial charge >= 0.3 is 0 Å². The van der Waals surface area contributed by atoms with Gasteiger partial charge in [0.05, 0.1) is 11.8 Å². The van der Waals surface area contributed by atoms with E-state index in [1.54, 1.807) is 30.6 Å². The Labute approximate surface area is 215 Å². The van der Waals surface area contributed by atoms with Crippen LogP contribution in [0.25, 0.3) is 10.2 Å². The Hall–Kier alpha value is -3.62. The molecule has 5 rings (SSSR count). The maximum atomic E-state index is 12.7. The predicted octanol–water partition coefficient (Wildman–Crippen LogP) is 4.96. The second kappa shape index (κ2) is 11.0. The largest absolute Gasteiger partial charge is 0.494 e. The number of hydrogen-bond acceptors (Lipinski definition) is 7. The predicted molar refractivity (Wildman–Crippen MR) is 145 cm³/mol. The summed E-state index contributed by atoms with van der Waals surface area (Å²) in [7, 11) is 1.69. The molecule has 1 aliphatic heterocycles. The van der Waals surface area contributed by atoms with Gasteiger partial charge in [-0.3, -0.25) is 9.69 Å². The van der Waals surface area contributed by atoms with E-state index in [2.05, 4.69) is 28.1 Å². The Kier molecular flexibility index (Phi) is 7.34. The lowest BCUT2D eigenvalue weighted by molar-refractivity contribution is 0.0947. The molecule has 1 aliphatic rings. The number of hydrogen-bond donors (Lipinski definition) is 1. The van der Waals surface area contributed by atoms with Crippen molar-refractivity contribution in [2.45, 2.75) is 6.92 Å². The molecular weight excluding hydrogens is 472 g/mol. The number of para-hydroxylation sites is 1. The lowest BCUT2D eigenvalue weighted by Crippen LogP contribution is -2.48. The van der Waals surface area contributed by atoms with Crippen LogP contribution in [-0.2, 0) is 0 Å². The summed E-state index contributed by atoms with van der Waals surface area (Å²) in [5, 5.41) is 4.09. The summed E-state index contributed by atoms with van der Waals surface area (Å²) in [4.78, 5) is 22.3. The van der Waals surface area contributed by atoms with Crippen molar-refractivity contribution >= 4 is 32.6 Å². The SMILES string of the molecule is COc1ccc(C)c2sc(N3CCN(CCNC(=O)c4cccc(Oc5ccccc5)c4)CC3)nc12. The average Bonchev–Trinajstić information content (AvgIpc) is 3.37. The highest BCUT2D eigenvalue weighted by Gasteiger charge is 2.21. The maximum absolute atomic E-state index is 12.7. The van der Waals surface area contributed by atoms with Gasteiger partial charge in [-0.1, -0.05) is 41.7 Å². The van der Waals surface area contributed by atoms with Crippen molar-refractivity contribution in [3.63, 3.8) is 0 Å². The number of aryl methyl sites for hydroxylation is 1. The van der Waals surface area contributed by atoms with Gasteiger partial charge in [0.25, 0.3) is 5.91 Å². The Morgan fingerprint density at radius 2 is 1.78 bits per heavy atom. The maximum Gasteiger partial charge on any atom is 0.251 e. The highest BCUT2D eigenvalue weighted by molar-refractivity contribution is 7.22. The van der Waals surface area contributed by atoms with Crippen molar-refractivity contribution < 1.29 is 14.3 Å². The minimum Gasteiger partial charge on any atom is -0.494 e. The van der Waals surface area contributed by atoms with E-state index in [-0.39, 0.29) is 5.91 Å². The molecular formula is C28H30N4O3S. The molecule has 186 valence electrons. The summed E-state index contributed by atoms with van der Waals surface area (Å²) >= 11 is 1.73. The van der Waals surface area contributed by atoms with Gasteiger partial charge in [-0.15, -0.1) is 0 Å². The molecule has 7 nitrogen and oxygen atoms in total. The second-order valence-electron chi connectivity index (χ2n) is 8.79. The summed E-state index contributed by atoms with van der Waals surface area (Å²) in [5.74, 6) is 2.12. The van der Waals surface area contributed by atoms with Crippen molar-refractivity contribution in [1.82, 2.24) is 15.2 Å². The third kappa shape index (κ3) is 5.45. The molecule has 2 heterocycles. The Morgan fingerprint density at radius 1 is 1.00 bits per heavy atom. The number of thiazole rings is 1. The zero-order valence-electron chi connectivity index (χ0n) is 20.6. The molecule has 8 heteroatoms. The molecule has 4 aromatic rings. The first-order chi connectivity index (χ1) is 17.6. The van der Waals surface area contributed by atoms with Crippen LogP contribution in [0.1, 0.15) is 15.9 Å². The van der Waals surface area contributed by atoms with Gasteiger partial charge in [-0.2, -0.15) is 0 Å². The summed E-state index contributed by atoms with van der Waals surface area (Å²) in [6, 6.07) is 20.9. The molecule has 3 aromatic carbocycles. The van der Waals surface area contributed by atoms with Crippen LogP contribution in [0.2, 0.25) is 0 Å². The summed E-state index contributed by atoms with van der Waals surface area (Å²) in [5.41, 5.74) is 2.76. The van der Waals surface area contributed by atoms with Crippen molar-refractivity contribution in [1.29, 1.82) is 0 Å². The molecule has 36 heavy (non-hydrogen) atoms. The first-order valence-electron chi connectivity index (χ1n) is 12.1. The standard InChI is InChI=1S/C28H30N4O3S/c1-20-11-12-24(34-2)25-26(20)36-28(30-25)32-17-15-31(16-18-32)14-13-29-27(33)21-7-6-10-23(19-21)35-22-8-4-3-5-9-22/h3-12,19H,13-18H2,1-2H3,(H,29,33). The van der Waals surface area contributed by atoms with E-state index in [0.717, 1.165) is 54.9 Å². The van der Waals surface area contributed by atoms with Gasteiger partial charge < -0.3 is 19.7 Å². The molecule has 1 amide bonds. The molecule has 0 aliphatic carbocycles. The van der Waals surface area contributed by atoms with E-state index < -0.39 is 0 Å². The lowest BCUT2D eigenvalue weighted by atomic mass is 10.2. The minimum atomic E-state index is -0.0917. The number of anilines is 1. The van der Waals surface area contributed by atoms with Crippen LogP contribution < -0.4 is 19.7 Å². The number of carbonyl (C=O) groups excluding carboxylic acids is 1. The smallest absolute Gasteiger partial charge is 0.251 e. The van der Waals surface area contributed by atoms with E-state index >= 15 is 0 Å². The molecule has 1 aromatic heterocycles. The number of benzene rings is 3. The molecule has 0 spiro atoms. The fraction of sp³-hybridized carbons (Fsp3) is 0.286. The van der Waals surface area contributed by atoms with Gasteiger partial charge in [-0.25, -0.2) is 4.98 Å². The highest BCUT2D eigenvalue weighted by Crippen LogP contribution is 2.36. The van der Waals surface area contributed by atoms with Crippen LogP contribution in [-0.4, -0.2) is 62.2 Å². The number of methoxy groups -OCH3 is 1. The Bertz CT molecular complexity index is 1330. The van der Waals surface area contributed by atoms with Gasteiger partial charge in [0.2, 0.25) is 0 Å². The highest BCUT2D eigenvalue weighted by atomic mass is 32.1. The summed E-state index contributed by atoms with van der Waals surface area (Å²) in [6.45, 7) is 7.21. The van der Waals surface area contributed by atoms with Crippen LogP contribution in [0.5, 0.6) is 17.2 Å². The molecule has 0 atom stereocenters. The Balaban J connectivity index is 1.10. The second-order valence-corrected chi connectivity index (χ2v) is 9.76. The number of rotatable bonds is 8. The molecule has 1 fully saturated rings.